The number of thioether (sulfide) groups is 1. The van der Waals surface area contributed by atoms with E-state index >= 15 is 0 Å². The van der Waals surface area contributed by atoms with Crippen LogP contribution in [0, 0.1) is 11.6 Å². The van der Waals surface area contributed by atoms with Crippen molar-refractivity contribution in [2.75, 3.05) is 11.1 Å². The first-order valence-corrected chi connectivity index (χ1v) is 10.0. The van der Waals surface area contributed by atoms with Crippen LogP contribution in [0.15, 0.2) is 84.0 Å². The van der Waals surface area contributed by atoms with Crippen molar-refractivity contribution in [2.24, 2.45) is 0 Å². The lowest BCUT2D eigenvalue weighted by atomic mass is 10.2. The van der Waals surface area contributed by atoms with Crippen molar-refractivity contribution < 1.29 is 13.6 Å². The first-order valence-electron chi connectivity index (χ1n) is 9.05. The summed E-state index contributed by atoms with van der Waals surface area (Å²) in [5.74, 6) is -0.461. The van der Waals surface area contributed by atoms with Gasteiger partial charge in [-0.1, -0.05) is 36.0 Å². The molecule has 0 saturated heterocycles. The summed E-state index contributed by atoms with van der Waals surface area (Å²) in [4.78, 5) is 12.3. The van der Waals surface area contributed by atoms with E-state index in [-0.39, 0.29) is 17.5 Å². The third kappa shape index (κ3) is 4.55. The standard InChI is InChI=1S/C22H16F2N4OS/c23-16-11-9-15(10-12-16)21-26-27-22(28(21)19-7-2-1-3-8-19)30-14-20(29)25-18-6-4-5-17(24)13-18/h1-13H,14H2,(H,25,29). The highest BCUT2D eigenvalue weighted by molar-refractivity contribution is 7.99. The Morgan fingerprint density at radius 1 is 0.900 bits per heavy atom. The maximum absolute atomic E-state index is 13.3. The molecule has 30 heavy (non-hydrogen) atoms. The second-order valence-electron chi connectivity index (χ2n) is 6.33. The smallest absolute Gasteiger partial charge is 0.234 e. The van der Waals surface area contributed by atoms with E-state index in [4.69, 9.17) is 0 Å². The van der Waals surface area contributed by atoms with Gasteiger partial charge in [0.25, 0.3) is 0 Å². The van der Waals surface area contributed by atoms with Gasteiger partial charge in [-0.3, -0.25) is 9.36 Å². The lowest BCUT2D eigenvalue weighted by molar-refractivity contribution is -0.113. The number of halogens is 2. The molecule has 0 spiro atoms. The Balaban J connectivity index is 1.58. The van der Waals surface area contributed by atoms with Crippen LogP contribution in [0.25, 0.3) is 17.1 Å². The molecule has 0 saturated carbocycles. The van der Waals surface area contributed by atoms with Gasteiger partial charge in [-0.05, 0) is 54.6 Å². The van der Waals surface area contributed by atoms with Gasteiger partial charge in [0.1, 0.15) is 11.6 Å². The zero-order chi connectivity index (χ0) is 20.9. The molecule has 0 fully saturated rings. The van der Waals surface area contributed by atoms with Crippen LogP contribution >= 0.6 is 11.8 Å². The highest BCUT2D eigenvalue weighted by Crippen LogP contribution is 2.28. The number of nitrogens with zero attached hydrogens (tertiary/aromatic N) is 3. The van der Waals surface area contributed by atoms with Crippen LogP contribution in [-0.4, -0.2) is 26.4 Å². The summed E-state index contributed by atoms with van der Waals surface area (Å²) in [7, 11) is 0. The predicted molar refractivity (Wildman–Crippen MR) is 113 cm³/mol. The Bertz CT molecular complexity index is 1160. The molecule has 0 aliphatic rings. The van der Waals surface area contributed by atoms with Gasteiger partial charge in [0.2, 0.25) is 5.91 Å². The molecule has 0 aliphatic carbocycles. The summed E-state index contributed by atoms with van der Waals surface area (Å²) >= 11 is 1.20. The third-order valence-corrected chi connectivity index (χ3v) is 5.12. The number of hydrogen-bond acceptors (Lipinski definition) is 4. The Labute approximate surface area is 175 Å². The number of anilines is 1. The van der Waals surface area contributed by atoms with E-state index < -0.39 is 5.82 Å². The van der Waals surface area contributed by atoms with Crippen LogP contribution in [0.5, 0.6) is 0 Å². The molecule has 1 amide bonds. The van der Waals surface area contributed by atoms with Gasteiger partial charge < -0.3 is 5.32 Å². The summed E-state index contributed by atoms with van der Waals surface area (Å²) in [6.07, 6.45) is 0. The van der Waals surface area contributed by atoms with Crippen LogP contribution in [0.2, 0.25) is 0 Å². The topological polar surface area (TPSA) is 59.8 Å². The Hall–Kier alpha value is -3.52. The van der Waals surface area contributed by atoms with Crippen LogP contribution in [0.4, 0.5) is 14.5 Å². The first kappa shape index (κ1) is 19.8. The fraction of sp³-hybridized carbons (Fsp3) is 0.0455. The van der Waals surface area contributed by atoms with Crippen LogP contribution < -0.4 is 5.32 Å². The molecule has 4 rings (SSSR count). The fourth-order valence-electron chi connectivity index (χ4n) is 2.85. The number of aromatic nitrogens is 3. The quantitative estimate of drug-likeness (QED) is 0.447. The number of nitrogens with one attached hydrogen (secondary N) is 1. The maximum atomic E-state index is 13.3. The maximum Gasteiger partial charge on any atom is 0.234 e. The minimum Gasteiger partial charge on any atom is -0.325 e. The molecule has 0 atom stereocenters. The molecular weight excluding hydrogens is 406 g/mol. The van der Waals surface area contributed by atoms with Crippen molar-refractivity contribution >= 4 is 23.4 Å². The summed E-state index contributed by atoms with van der Waals surface area (Å²) in [5.41, 5.74) is 1.90. The van der Waals surface area contributed by atoms with E-state index in [0.29, 0.717) is 22.2 Å². The van der Waals surface area contributed by atoms with Crippen molar-refractivity contribution in [3.05, 3.63) is 90.5 Å². The molecule has 0 aliphatic heterocycles. The molecule has 0 radical (unpaired) electrons. The molecule has 1 heterocycles. The van der Waals surface area contributed by atoms with Crippen molar-refractivity contribution in [3.63, 3.8) is 0 Å². The van der Waals surface area contributed by atoms with Crippen LogP contribution in [0.1, 0.15) is 0 Å². The first-order chi connectivity index (χ1) is 14.6. The average Bonchev–Trinajstić information content (AvgIpc) is 3.17. The fourth-order valence-corrected chi connectivity index (χ4v) is 3.60. The normalized spacial score (nSPS) is 10.7. The van der Waals surface area contributed by atoms with Gasteiger partial charge in [-0.2, -0.15) is 0 Å². The van der Waals surface area contributed by atoms with E-state index in [2.05, 4.69) is 15.5 Å². The molecule has 8 heteroatoms. The monoisotopic (exact) mass is 422 g/mol. The SMILES string of the molecule is O=C(CSc1nnc(-c2ccc(F)cc2)n1-c1ccccc1)Nc1cccc(F)c1. The van der Waals surface area contributed by atoms with Crippen molar-refractivity contribution in [1.82, 2.24) is 14.8 Å². The molecule has 1 N–H and O–H groups in total. The van der Waals surface area contributed by atoms with Gasteiger partial charge >= 0.3 is 0 Å². The number of benzene rings is 3. The van der Waals surface area contributed by atoms with Gasteiger partial charge in [-0.15, -0.1) is 10.2 Å². The van der Waals surface area contributed by atoms with Crippen molar-refractivity contribution in [1.29, 1.82) is 0 Å². The number of rotatable bonds is 6. The number of carbonyl (C=O) groups excluding carboxylic acids is 1. The highest BCUT2D eigenvalue weighted by atomic mass is 32.2. The second-order valence-corrected chi connectivity index (χ2v) is 7.27. The zero-order valence-electron chi connectivity index (χ0n) is 15.6. The summed E-state index contributed by atoms with van der Waals surface area (Å²) in [6.45, 7) is 0. The minimum absolute atomic E-state index is 0.0604. The van der Waals surface area contributed by atoms with Gasteiger partial charge in [-0.25, -0.2) is 8.78 Å². The van der Waals surface area contributed by atoms with Crippen LogP contribution in [-0.2, 0) is 4.79 Å². The lowest BCUT2D eigenvalue weighted by Crippen LogP contribution is -2.14. The van der Waals surface area contributed by atoms with Gasteiger partial charge in [0.05, 0.1) is 5.75 Å². The average molecular weight is 422 g/mol. The van der Waals surface area contributed by atoms with Gasteiger partial charge in [0, 0.05) is 16.9 Å². The number of carbonyl (C=O) groups is 1. The lowest BCUT2D eigenvalue weighted by Gasteiger charge is -2.10. The van der Waals surface area contributed by atoms with Gasteiger partial charge in [0.15, 0.2) is 11.0 Å². The molecule has 4 aromatic rings. The molecule has 3 aromatic carbocycles. The second kappa shape index (κ2) is 8.87. The molecule has 1 aromatic heterocycles. The predicted octanol–water partition coefficient (Wildman–Crippen LogP) is 4.94. The minimum atomic E-state index is -0.423. The van der Waals surface area contributed by atoms with E-state index in [9.17, 15) is 13.6 Å². The zero-order valence-corrected chi connectivity index (χ0v) is 16.4. The Morgan fingerprint density at radius 2 is 1.67 bits per heavy atom. The summed E-state index contributed by atoms with van der Waals surface area (Å²) in [5, 5.41) is 11.6. The van der Waals surface area contributed by atoms with Crippen molar-refractivity contribution in [3.8, 4) is 17.1 Å². The van der Waals surface area contributed by atoms with Crippen LogP contribution in [0.3, 0.4) is 0 Å². The number of para-hydroxylation sites is 1. The molecule has 5 nitrogen and oxygen atoms in total. The highest BCUT2D eigenvalue weighted by Gasteiger charge is 2.17. The Morgan fingerprint density at radius 3 is 2.40 bits per heavy atom. The molecule has 150 valence electrons. The van der Waals surface area contributed by atoms with E-state index in [1.807, 2.05) is 34.9 Å². The largest absolute Gasteiger partial charge is 0.325 e. The van der Waals surface area contributed by atoms with E-state index in [1.54, 1.807) is 18.2 Å². The third-order valence-electron chi connectivity index (χ3n) is 4.19. The van der Waals surface area contributed by atoms with E-state index in [1.165, 1.54) is 42.1 Å². The number of hydrogen-bond donors (Lipinski definition) is 1. The van der Waals surface area contributed by atoms with Crippen molar-refractivity contribution in [2.45, 2.75) is 5.16 Å². The summed E-state index contributed by atoms with van der Waals surface area (Å²) < 4.78 is 28.4. The van der Waals surface area contributed by atoms with E-state index in [0.717, 1.165) is 5.69 Å². The Kier molecular flexibility index (Phi) is 5.85. The molecule has 0 bridgehead atoms. The molecule has 0 unspecified atom stereocenters. The molecular formula is C22H16F2N4OS. The number of amides is 1. The summed E-state index contributed by atoms with van der Waals surface area (Å²) in [6, 6.07) is 21.1.